The van der Waals surface area contributed by atoms with E-state index in [2.05, 4.69) is 0 Å². The Bertz CT molecular complexity index is 831. The van der Waals surface area contributed by atoms with Crippen molar-refractivity contribution in [2.75, 3.05) is 13.3 Å². The molecule has 0 atom stereocenters. The Labute approximate surface area is 139 Å². The van der Waals surface area contributed by atoms with Gasteiger partial charge in [-0.05, 0) is 36.3 Å². The quantitative estimate of drug-likeness (QED) is 0.812. The van der Waals surface area contributed by atoms with Gasteiger partial charge in [-0.15, -0.1) is 0 Å². The molecule has 1 saturated heterocycles. The van der Waals surface area contributed by atoms with Gasteiger partial charge >= 0.3 is 0 Å². The molecule has 1 fully saturated rings. The second-order valence-corrected chi connectivity index (χ2v) is 5.85. The van der Waals surface area contributed by atoms with Crippen molar-refractivity contribution in [2.45, 2.75) is 13.0 Å². The fourth-order valence-electron chi connectivity index (χ4n) is 2.99. The molecule has 0 saturated carbocycles. The highest BCUT2D eigenvalue weighted by molar-refractivity contribution is 5.99. The van der Waals surface area contributed by atoms with Crippen molar-refractivity contribution in [3.05, 3.63) is 65.0 Å². The second kappa shape index (κ2) is 6.00. The molecule has 0 N–H and O–H groups in total. The van der Waals surface area contributed by atoms with Crippen molar-refractivity contribution in [2.24, 2.45) is 0 Å². The minimum Gasteiger partial charge on any atom is -0.454 e. The van der Waals surface area contributed by atoms with Gasteiger partial charge in [-0.25, -0.2) is 4.39 Å². The molecule has 2 aliphatic rings. The van der Waals surface area contributed by atoms with Gasteiger partial charge in [0.15, 0.2) is 11.5 Å². The Hall–Kier alpha value is -2.82. The van der Waals surface area contributed by atoms with Crippen LogP contribution in [-0.2, 0) is 11.3 Å². The number of rotatable bonds is 3. The van der Waals surface area contributed by atoms with Gasteiger partial charge < -0.3 is 14.4 Å². The molecular formula is C19H16FNO3. The lowest BCUT2D eigenvalue weighted by molar-refractivity contribution is -0.125. The first kappa shape index (κ1) is 14.8. The van der Waals surface area contributed by atoms with Gasteiger partial charge in [-0.1, -0.05) is 24.3 Å². The fraction of sp³-hybridized carbons (Fsp3) is 0.211. The molecule has 4 rings (SSSR count). The van der Waals surface area contributed by atoms with E-state index in [-0.39, 0.29) is 18.5 Å². The van der Waals surface area contributed by atoms with E-state index >= 15 is 0 Å². The number of hydrogen-bond donors (Lipinski definition) is 0. The Balaban J connectivity index is 1.52. The molecule has 2 aliphatic heterocycles. The molecule has 24 heavy (non-hydrogen) atoms. The monoisotopic (exact) mass is 325 g/mol. The highest BCUT2D eigenvalue weighted by Gasteiger charge is 2.26. The Morgan fingerprint density at radius 2 is 1.96 bits per heavy atom. The maximum Gasteiger partial charge on any atom is 0.250 e. The van der Waals surface area contributed by atoms with Crippen LogP contribution in [0.2, 0.25) is 0 Å². The zero-order valence-corrected chi connectivity index (χ0v) is 13.0. The standard InChI is InChI=1S/C19H16FNO3/c20-16-4-2-1-3-15(16)11-21-8-7-14(19(21)22)9-13-5-6-17-18(10-13)24-12-23-17/h1-6,9-10H,7-8,11-12H2/b14-9+. The lowest BCUT2D eigenvalue weighted by Gasteiger charge is -2.15. The first-order valence-electron chi connectivity index (χ1n) is 7.83. The van der Waals surface area contributed by atoms with Crippen LogP contribution in [0.3, 0.4) is 0 Å². The summed E-state index contributed by atoms with van der Waals surface area (Å²) >= 11 is 0. The number of hydrogen-bond acceptors (Lipinski definition) is 3. The number of ether oxygens (including phenoxy) is 2. The zero-order chi connectivity index (χ0) is 16.5. The number of benzene rings is 2. The third kappa shape index (κ3) is 2.73. The summed E-state index contributed by atoms with van der Waals surface area (Å²) < 4.78 is 24.4. The average molecular weight is 325 g/mol. The number of amides is 1. The molecule has 5 heteroatoms. The highest BCUT2D eigenvalue weighted by atomic mass is 19.1. The third-order valence-electron chi connectivity index (χ3n) is 4.27. The van der Waals surface area contributed by atoms with E-state index in [1.807, 2.05) is 24.3 Å². The van der Waals surface area contributed by atoms with Crippen molar-refractivity contribution in [3.8, 4) is 11.5 Å². The fourth-order valence-corrected chi connectivity index (χ4v) is 2.99. The molecule has 122 valence electrons. The number of nitrogens with zero attached hydrogens (tertiary/aromatic N) is 1. The van der Waals surface area contributed by atoms with Crippen LogP contribution in [0.25, 0.3) is 6.08 Å². The van der Waals surface area contributed by atoms with Crippen molar-refractivity contribution in [1.82, 2.24) is 4.90 Å². The molecule has 2 aromatic rings. The molecular weight excluding hydrogens is 309 g/mol. The highest BCUT2D eigenvalue weighted by Crippen LogP contribution is 2.33. The van der Waals surface area contributed by atoms with Gasteiger partial charge in [0.05, 0.1) is 0 Å². The molecule has 0 aromatic heterocycles. The molecule has 0 spiro atoms. The number of carbonyl (C=O) groups excluding carboxylic acids is 1. The predicted octanol–water partition coefficient (Wildman–Crippen LogP) is 3.37. The molecule has 1 amide bonds. The van der Waals surface area contributed by atoms with Crippen LogP contribution < -0.4 is 9.47 Å². The van der Waals surface area contributed by atoms with E-state index < -0.39 is 0 Å². The second-order valence-electron chi connectivity index (χ2n) is 5.85. The Kier molecular flexibility index (Phi) is 3.69. The van der Waals surface area contributed by atoms with Gasteiger partial charge in [-0.3, -0.25) is 4.79 Å². The number of halogens is 1. The SMILES string of the molecule is O=C1/C(=C/c2ccc3c(c2)OCO3)CCN1Cc1ccccc1F. The van der Waals surface area contributed by atoms with Gasteiger partial charge in [-0.2, -0.15) is 0 Å². The zero-order valence-electron chi connectivity index (χ0n) is 13.0. The van der Waals surface area contributed by atoms with Crippen LogP contribution in [0.1, 0.15) is 17.5 Å². The van der Waals surface area contributed by atoms with E-state index in [0.717, 1.165) is 16.9 Å². The minimum atomic E-state index is -0.279. The summed E-state index contributed by atoms with van der Waals surface area (Å²) in [4.78, 5) is 14.2. The molecule has 4 nitrogen and oxygen atoms in total. The number of fused-ring (bicyclic) bond motifs is 1. The topological polar surface area (TPSA) is 38.8 Å². The van der Waals surface area contributed by atoms with Gasteiger partial charge in [0.25, 0.3) is 0 Å². The van der Waals surface area contributed by atoms with Crippen LogP contribution in [0.4, 0.5) is 4.39 Å². The van der Waals surface area contributed by atoms with Crippen molar-refractivity contribution >= 4 is 12.0 Å². The normalized spacial score (nSPS) is 17.8. The molecule has 0 radical (unpaired) electrons. The van der Waals surface area contributed by atoms with E-state index in [4.69, 9.17) is 9.47 Å². The molecule has 0 unspecified atom stereocenters. The van der Waals surface area contributed by atoms with E-state index in [1.54, 1.807) is 23.1 Å². The largest absolute Gasteiger partial charge is 0.454 e. The van der Waals surface area contributed by atoms with Crippen LogP contribution in [0, 0.1) is 5.82 Å². The first-order chi connectivity index (χ1) is 11.7. The molecule has 0 aliphatic carbocycles. The van der Waals surface area contributed by atoms with Crippen molar-refractivity contribution < 1.29 is 18.7 Å². The van der Waals surface area contributed by atoms with Gasteiger partial charge in [0.2, 0.25) is 12.7 Å². The Morgan fingerprint density at radius 3 is 2.83 bits per heavy atom. The summed E-state index contributed by atoms with van der Waals surface area (Å²) in [6, 6.07) is 12.2. The van der Waals surface area contributed by atoms with Crippen molar-refractivity contribution in [1.29, 1.82) is 0 Å². The first-order valence-corrected chi connectivity index (χ1v) is 7.83. The summed E-state index contributed by atoms with van der Waals surface area (Å²) in [5.74, 6) is 1.09. The summed E-state index contributed by atoms with van der Waals surface area (Å²) in [6.07, 6.45) is 2.52. The number of carbonyl (C=O) groups is 1. The van der Waals surface area contributed by atoms with E-state index in [1.165, 1.54) is 6.07 Å². The number of likely N-dealkylation sites (tertiary alicyclic amines) is 1. The molecule has 2 heterocycles. The maximum absolute atomic E-state index is 13.8. The summed E-state index contributed by atoms with van der Waals surface area (Å²) in [6.45, 7) is 1.12. The summed E-state index contributed by atoms with van der Waals surface area (Å²) in [5.41, 5.74) is 2.16. The predicted molar refractivity (Wildman–Crippen MR) is 87.0 cm³/mol. The molecule has 0 bridgehead atoms. The van der Waals surface area contributed by atoms with Crippen LogP contribution >= 0.6 is 0 Å². The maximum atomic E-state index is 13.8. The average Bonchev–Trinajstić information content (AvgIpc) is 3.18. The van der Waals surface area contributed by atoms with E-state index in [0.29, 0.717) is 30.8 Å². The van der Waals surface area contributed by atoms with Crippen LogP contribution in [0.15, 0.2) is 48.0 Å². The third-order valence-corrected chi connectivity index (χ3v) is 4.27. The lowest BCUT2D eigenvalue weighted by atomic mass is 10.1. The summed E-state index contributed by atoms with van der Waals surface area (Å²) in [7, 11) is 0. The smallest absolute Gasteiger partial charge is 0.250 e. The van der Waals surface area contributed by atoms with Crippen molar-refractivity contribution in [3.63, 3.8) is 0 Å². The Morgan fingerprint density at radius 1 is 1.12 bits per heavy atom. The molecule has 2 aromatic carbocycles. The summed E-state index contributed by atoms with van der Waals surface area (Å²) in [5, 5.41) is 0. The van der Waals surface area contributed by atoms with Gasteiger partial charge in [0.1, 0.15) is 5.82 Å². The van der Waals surface area contributed by atoms with Crippen LogP contribution in [0.5, 0.6) is 11.5 Å². The van der Waals surface area contributed by atoms with Gasteiger partial charge in [0, 0.05) is 24.2 Å². The minimum absolute atomic E-state index is 0.0454. The lowest BCUT2D eigenvalue weighted by Crippen LogP contribution is -2.25. The van der Waals surface area contributed by atoms with E-state index in [9.17, 15) is 9.18 Å². The van der Waals surface area contributed by atoms with Crippen LogP contribution in [-0.4, -0.2) is 24.1 Å².